The number of nitrogens with zero attached hydrogens (tertiary/aromatic N) is 2. The Kier molecular flexibility index (Phi) is 6.31. The van der Waals surface area contributed by atoms with Gasteiger partial charge in [-0.3, -0.25) is 4.79 Å². The van der Waals surface area contributed by atoms with Crippen molar-refractivity contribution in [3.05, 3.63) is 47.7 Å². The topological polar surface area (TPSA) is 78.9 Å². The number of hydrogen-bond donors (Lipinski definition) is 3. The first-order valence-corrected chi connectivity index (χ1v) is 11.0. The van der Waals surface area contributed by atoms with Crippen molar-refractivity contribution in [1.82, 2.24) is 15.3 Å². The van der Waals surface area contributed by atoms with E-state index in [0.29, 0.717) is 18.4 Å². The highest BCUT2D eigenvalue weighted by Crippen LogP contribution is 2.42. The Morgan fingerprint density at radius 3 is 2.73 bits per heavy atom. The van der Waals surface area contributed by atoms with E-state index in [0.717, 1.165) is 48.4 Å². The Bertz CT molecular complexity index is 918. The Balaban J connectivity index is 1.34. The van der Waals surface area contributed by atoms with Crippen molar-refractivity contribution in [1.29, 1.82) is 0 Å². The molecule has 3 N–H and O–H groups in total. The van der Waals surface area contributed by atoms with Crippen LogP contribution in [-0.2, 0) is 4.79 Å². The second kappa shape index (κ2) is 9.28. The van der Waals surface area contributed by atoms with Crippen molar-refractivity contribution in [2.24, 2.45) is 5.92 Å². The van der Waals surface area contributed by atoms with Crippen molar-refractivity contribution >= 4 is 29.4 Å². The highest BCUT2D eigenvalue weighted by molar-refractivity contribution is 5.79. The molecule has 6 nitrogen and oxygen atoms in total. The van der Waals surface area contributed by atoms with Gasteiger partial charge in [-0.1, -0.05) is 25.1 Å². The smallest absolute Gasteiger partial charge is 0.229 e. The SMILES string of the molecule is C=Cc1ccc(Nc2ncc(C3CC3)c(NCCCNC(=O)C3CCC3)n2)cc1C. The summed E-state index contributed by atoms with van der Waals surface area (Å²) in [5.74, 6) is 2.52. The first-order chi connectivity index (χ1) is 14.6. The van der Waals surface area contributed by atoms with Gasteiger partial charge in [0, 0.05) is 36.5 Å². The lowest BCUT2D eigenvalue weighted by Crippen LogP contribution is -2.35. The fourth-order valence-corrected chi connectivity index (χ4v) is 3.72. The molecule has 1 amide bonds. The highest BCUT2D eigenvalue weighted by atomic mass is 16.1. The van der Waals surface area contributed by atoms with Crippen LogP contribution in [0.2, 0.25) is 0 Å². The summed E-state index contributed by atoms with van der Waals surface area (Å²) in [7, 11) is 0. The van der Waals surface area contributed by atoms with Gasteiger partial charge >= 0.3 is 0 Å². The van der Waals surface area contributed by atoms with Crippen LogP contribution < -0.4 is 16.0 Å². The van der Waals surface area contributed by atoms with Crippen LogP contribution >= 0.6 is 0 Å². The average Bonchev–Trinajstić information content (AvgIpc) is 3.52. The molecule has 4 rings (SSSR count). The van der Waals surface area contributed by atoms with E-state index in [-0.39, 0.29) is 11.8 Å². The monoisotopic (exact) mass is 405 g/mol. The minimum absolute atomic E-state index is 0.214. The zero-order chi connectivity index (χ0) is 20.9. The molecule has 0 bridgehead atoms. The fraction of sp³-hybridized carbons (Fsp3) is 0.458. The third-order valence-corrected chi connectivity index (χ3v) is 6.00. The number of carbonyl (C=O) groups excluding carboxylic acids is 1. The van der Waals surface area contributed by atoms with Crippen LogP contribution in [0.3, 0.4) is 0 Å². The molecular formula is C24H31N5O. The molecular weight excluding hydrogens is 374 g/mol. The van der Waals surface area contributed by atoms with Crippen LogP contribution in [0, 0.1) is 12.8 Å². The number of rotatable bonds is 10. The molecule has 1 heterocycles. The van der Waals surface area contributed by atoms with Crippen LogP contribution in [0.1, 0.15) is 61.1 Å². The van der Waals surface area contributed by atoms with E-state index in [2.05, 4.69) is 40.5 Å². The lowest BCUT2D eigenvalue weighted by atomic mass is 9.85. The third kappa shape index (κ3) is 4.99. The van der Waals surface area contributed by atoms with Crippen LogP contribution in [0.15, 0.2) is 31.0 Å². The van der Waals surface area contributed by atoms with Crippen molar-refractivity contribution in [3.8, 4) is 0 Å². The van der Waals surface area contributed by atoms with Crippen molar-refractivity contribution < 1.29 is 4.79 Å². The summed E-state index contributed by atoms with van der Waals surface area (Å²) in [6, 6.07) is 6.13. The van der Waals surface area contributed by atoms with Crippen LogP contribution in [-0.4, -0.2) is 29.0 Å². The normalized spacial score (nSPS) is 15.9. The zero-order valence-electron chi connectivity index (χ0n) is 17.7. The quantitative estimate of drug-likeness (QED) is 0.496. The van der Waals surface area contributed by atoms with Gasteiger partial charge in [-0.25, -0.2) is 4.98 Å². The zero-order valence-corrected chi connectivity index (χ0v) is 17.7. The van der Waals surface area contributed by atoms with Crippen molar-refractivity contribution in [2.75, 3.05) is 23.7 Å². The summed E-state index contributed by atoms with van der Waals surface area (Å²) in [5, 5.41) is 9.83. The number of aryl methyl sites for hydroxylation is 1. The van der Waals surface area contributed by atoms with Gasteiger partial charge in [0.1, 0.15) is 5.82 Å². The number of anilines is 3. The number of hydrogen-bond acceptors (Lipinski definition) is 5. The third-order valence-electron chi connectivity index (χ3n) is 6.00. The average molecular weight is 406 g/mol. The molecule has 0 spiro atoms. The fourth-order valence-electron chi connectivity index (χ4n) is 3.72. The molecule has 2 aromatic rings. The lowest BCUT2D eigenvalue weighted by molar-refractivity contribution is -0.127. The molecule has 2 saturated carbocycles. The Morgan fingerprint density at radius 1 is 1.23 bits per heavy atom. The largest absolute Gasteiger partial charge is 0.370 e. The summed E-state index contributed by atoms with van der Waals surface area (Å²) >= 11 is 0. The molecule has 6 heteroatoms. The molecule has 1 aromatic heterocycles. The van der Waals surface area contributed by atoms with Gasteiger partial charge in [0.25, 0.3) is 0 Å². The van der Waals surface area contributed by atoms with Gasteiger partial charge in [0.15, 0.2) is 0 Å². The highest BCUT2D eigenvalue weighted by Gasteiger charge is 2.28. The van der Waals surface area contributed by atoms with Gasteiger partial charge in [-0.2, -0.15) is 4.98 Å². The van der Waals surface area contributed by atoms with Crippen LogP contribution in [0.4, 0.5) is 17.5 Å². The van der Waals surface area contributed by atoms with Gasteiger partial charge in [0.2, 0.25) is 11.9 Å². The number of aromatic nitrogens is 2. The number of amides is 1. The Hall–Kier alpha value is -2.89. The minimum atomic E-state index is 0.214. The summed E-state index contributed by atoms with van der Waals surface area (Å²) < 4.78 is 0. The Labute approximate surface area is 178 Å². The van der Waals surface area contributed by atoms with Crippen LogP contribution in [0.5, 0.6) is 0 Å². The lowest BCUT2D eigenvalue weighted by Gasteiger charge is -2.24. The van der Waals surface area contributed by atoms with Crippen LogP contribution in [0.25, 0.3) is 6.08 Å². The molecule has 30 heavy (non-hydrogen) atoms. The van der Waals surface area contributed by atoms with E-state index in [9.17, 15) is 4.79 Å². The van der Waals surface area contributed by atoms with E-state index in [1.165, 1.54) is 24.8 Å². The predicted octanol–water partition coefficient (Wildman–Crippen LogP) is 4.77. The second-order valence-corrected chi connectivity index (χ2v) is 8.37. The molecule has 0 aliphatic heterocycles. The van der Waals surface area contributed by atoms with Gasteiger partial charge < -0.3 is 16.0 Å². The van der Waals surface area contributed by atoms with Crippen molar-refractivity contribution in [3.63, 3.8) is 0 Å². The van der Waals surface area contributed by atoms with Gasteiger partial charge in [-0.15, -0.1) is 0 Å². The van der Waals surface area contributed by atoms with E-state index in [1.54, 1.807) is 0 Å². The standard InChI is InChI=1S/C24H31N5O/c1-3-17-10-11-20(14-16(17)2)28-24-27-15-21(18-8-9-18)22(29-24)25-12-5-13-26-23(30)19-6-4-7-19/h3,10-11,14-15,18-19H,1,4-9,12-13H2,2H3,(H,26,30)(H2,25,27,28,29). The number of nitrogens with one attached hydrogen (secondary N) is 3. The van der Waals surface area contributed by atoms with E-state index in [4.69, 9.17) is 4.98 Å². The maximum atomic E-state index is 11.9. The Morgan fingerprint density at radius 2 is 2.07 bits per heavy atom. The molecule has 0 radical (unpaired) electrons. The first kappa shape index (κ1) is 20.4. The first-order valence-electron chi connectivity index (χ1n) is 11.0. The van der Waals surface area contributed by atoms with E-state index >= 15 is 0 Å². The predicted molar refractivity (Wildman–Crippen MR) is 122 cm³/mol. The summed E-state index contributed by atoms with van der Waals surface area (Å²) in [6.45, 7) is 7.38. The number of benzene rings is 1. The summed E-state index contributed by atoms with van der Waals surface area (Å²) in [6.07, 6.45) is 10.3. The molecule has 2 aliphatic rings. The molecule has 0 atom stereocenters. The van der Waals surface area contributed by atoms with E-state index in [1.807, 2.05) is 24.4 Å². The second-order valence-electron chi connectivity index (χ2n) is 8.37. The molecule has 158 valence electrons. The number of carbonyl (C=O) groups is 1. The molecule has 2 aliphatic carbocycles. The maximum absolute atomic E-state index is 11.9. The maximum Gasteiger partial charge on any atom is 0.229 e. The summed E-state index contributed by atoms with van der Waals surface area (Å²) in [5.41, 5.74) is 4.43. The summed E-state index contributed by atoms with van der Waals surface area (Å²) in [4.78, 5) is 21.2. The van der Waals surface area contributed by atoms with Gasteiger partial charge in [-0.05, 0) is 68.2 Å². The minimum Gasteiger partial charge on any atom is -0.370 e. The van der Waals surface area contributed by atoms with E-state index < -0.39 is 0 Å². The molecule has 2 fully saturated rings. The van der Waals surface area contributed by atoms with Gasteiger partial charge in [0.05, 0.1) is 0 Å². The molecule has 0 unspecified atom stereocenters. The molecule has 0 saturated heterocycles. The van der Waals surface area contributed by atoms with Crippen molar-refractivity contribution in [2.45, 2.75) is 51.4 Å². The molecule has 1 aromatic carbocycles.